The third-order valence-electron chi connectivity index (χ3n) is 8.17. The number of benzene rings is 1. The van der Waals surface area contributed by atoms with Crippen LogP contribution in [0, 0.1) is 5.92 Å². The molecule has 1 atom stereocenters. The number of amides is 1. The molecular formula is C28H33Br2ClN4O3S. The second-order valence-corrected chi connectivity index (χ2v) is 15.1. The van der Waals surface area contributed by atoms with E-state index in [0.717, 1.165) is 38.9 Å². The Morgan fingerprint density at radius 3 is 2.46 bits per heavy atom. The standard InChI is InChI=1S/C28H33Br2ClN4O3S/c1-33(2)39(37,38)35-11-5-18(6-12-35)13-25(36)34-9-7-19(8-10-34)27-26-20(15-23(31)16-24(26)30)3-4-21-14-22(29)17-32-28(21)27/h7,14-18,27H,3-6,8-13H2,1-2H3/t27-/m1/s1. The summed E-state index contributed by atoms with van der Waals surface area (Å²) in [6, 6.07) is 6.21. The van der Waals surface area contributed by atoms with Gasteiger partial charge in [-0.05, 0) is 88.8 Å². The van der Waals surface area contributed by atoms with Crippen molar-refractivity contribution in [2.75, 3.05) is 40.3 Å². The fraction of sp³-hybridized carbons (Fsp3) is 0.500. The minimum absolute atomic E-state index is 0.0115. The summed E-state index contributed by atoms with van der Waals surface area (Å²) in [6.45, 7) is 2.17. The fourth-order valence-electron chi connectivity index (χ4n) is 6.01. The number of hydrogen-bond acceptors (Lipinski definition) is 4. The van der Waals surface area contributed by atoms with Crippen molar-refractivity contribution < 1.29 is 13.2 Å². The maximum Gasteiger partial charge on any atom is 0.281 e. The van der Waals surface area contributed by atoms with E-state index in [1.807, 2.05) is 17.2 Å². The van der Waals surface area contributed by atoms with Crippen LogP contribution >= 0.6 is 43.5 Å². The van der Waals surface area contributed by atoms with Gasteiger partial charge in [0, 0.05) is 72.8 Å². The van der Waals surface area contributed by atoms with Gasteiger partial charge < -0.3 is 4.90 Å². The highest BCUT2D eigenvalue weighted by Crippen LogP contribution is 2.44. The number of fused-ring (bicyclic) bond motifs is 2. The zero-order valence-corrected chi connectivity index (χ0v) is 26.9. The van der Waals surface area contributed by atoms with Gasteiger partial charge in [-0.15, -0.1) is 0 Å². The number of piperidine rings is 1. The van der Waals surface area contributed by atoms with E-state index < -0.39 is 10.2 Å². The van der Waals surface area contributed by atoms with Crippen molar-refractivity contribution in [1.82, 2.24) is 18.5 Å². The predicted molar refractivity (Wildman–Crippen MR) is 161 cm³/mol. The van der Waals surface area contributed by atoms with E-state index >= 15 is 0 Å². The van der Waals surface area contributed by atoms with E-state index in [4.69, 9.17) is 16.6 Å². The molecule has 0 spiro atoms. The van der Waals surface area contributed by atoms with Gasteiger partial charge in [0.2, 0.25) is 5.91 Å². The third-order valence-corrected chi connectivity index (χ3v) is 11.4. The topological polar surface area (TPSA) is 73.8 Å². The molecule has 0 unspecified atom stereocenters. The molecule has 0 radical (unpaired) electrons. The molecule has 0 N–H and O–H groups in total. The van der Waals surface area contributed by atoms with Crippen molar-refractivity contribution >= 4 is 59.6 Å². The second-order valence-electron chi connectivity index (χ2n) is 10.8. The van der Waals surface area contributed by atoms with Crippen molar-refractivity contribution in [3.8, 4) is 0 Å². The van der Waals surface area contributed by atoms with Crippen molar-refractivity contribution in [3.05, 3.63) is 72.4 Å². The number of aryl methyl sites for hydroxylation is 2. The normalized spacial score (nSPS) is 20.8. The van der Waals surface area contributed by atoms with Gasteiger partial charge in [0.15, 0.2) is 0 Å². The molecule has 2 aromatic rings. The molecule has 3 aliphatic rings. The summed E-state index contributed by atoms with van der Waals surface area (Å²) in [7, 11) is -0.290. The first-order valence-electron chi connectivity index (χ1n) is 13.3. The SMILES string of the molecule is CN(C)S(=O)(=O)N1CCC(CC(=O)N2CC=C([C@H]3c4ncc(Br)cc4CCc4cc(Cl)cc(Br)c43)CC2)CC1. The molecule has 2 aliphatic heterocycles. The van der Waals surface area contributed by atoms with E-state index in [-0.39, 0.29) is 17.7 Å². The Morgan fingerprint density at radius 1 is 1.08 bits per heavy atom. The van der Waals surface area contributed by atoms with E-state index in [9.17, 15) is 13.2 Å². The van der Waals surface area contributed by atoms with E-state index in [1.165, 1.54) is 30.9 Å². The van der Waals surface area contributed by atoms with Crippen LogP contribution in [0.15, 0.2) is 45.0 Å². The van der Waals surface area contributed by atoms with Gasteiger partial charge in [-0.1, -0.05) is 39.2 Å². The molecule has 5 rings (SSSR count). The summed E-state index contributed by atoms with van der Waals surface area (Å²) in [5.74, 6) is 0.369. The average Bonchev–Trinajstić information content (AvgIpc) is 3.05. The molecule has 39 heavy (non-hydrogen) atoms. The predicted octanol–water partition coefficient (Wildman–Crippen LogP) is 5.56. The van der Waals surface area contributed by atoms with Crippen LogP contribution in [-0.4, -0.2) is 73.1 Å². The van der Waals surface area contributed by atoms with Gasteiger partial charge in [0.25, 0.3) is 10.2 Å². The monoisotopic (exact) mass is 698 g/mol. The quantitative estimate of drug-likeness (QED) is 0.384. The number of halogens is 3. The minimum atomic E-state index is -3.40. The lowest BCUT2D eigenvalue weighted by molar-refractivity contribution is -0.132. The highest BCUT2D eigenvalue weighted by Gasteiger charge is 2.34. The largest absolute Gasteiger partial charge is 0.339 e. The van der Waals surface area contributed by atoms with Crippen molar-refractivity contribution in [2.45, 2.75) is 44.4 Å². The summed E-state index contributed by atoms with van der Waals surface area (Å²) in [6.07, 6.45) is 8.53. The Hall–Kier alpha value is -1.30. The number of aromatic nitrogens is 1. The maximum absolute atomic E-state index is 13.2. The first-order chi connectivity index (χ1) is 18.5. The van der Waals surface area contributed by atoms with Crippen molar-refractivity contribution in [2.24, 2.45) is 5.92 Å². The van der Waals surface area contributed by atoms with Gasteiger partial charge >= 0.3 is 0 Å². The van der Waals surface area contributed by atoms with Gasteiger partial charge in [0.1, 0.15) is 0 Å². The lowest BCUT2D eigenvalue weighted by Crippen LogP contribution is -2.45. The molecule has 0 saturated carbocycles. The Balaban J connectivity index is 1.31. The smallest absolute Gasteiger partial charge is 0.281 e. The Bertz CT molecular complexity index is 1410. The molecule has 7 nitrogen and oxygen atoms in total. The highest BCUT2D eigenvalue weighted by atomic mass is 79.9. The molecule has 1 saturated heterocycles. The zero-order valence-electron chi connectivity index (χ0n) is 22.2. The Kier molecular flexibility index (Phi) is 8.91. The summed E-state index contributed by atoms with van der Waals surface area (Å²) < 4.78 is 29.6. The van der Waals surface area contributed by atoms with Crippen LogP contribution in [0.1, 0.15) is 54.0 Å². The molecular weight excluding hydrogens is 668 g/mol. The third kappa shape index (κ3) is 6.16. The average molecular weight is 701 g/mol. The van der Waals surface area contributed by atoms with Gasteiger partial charge in [-0.3, -0.25) is 9.78 Å². The van der Waals surface area contributed by atoms with Crippen molar-refractivity contribution in [3.63, 3.8) is 0 Å². The van der Waals surface area contributed by atoms with Crippen LogP contribution in [0.5, 0.6) is 0 Å². The van der Waals surface area contributed by atoms with E-state index in [1.54, 1.807) is 14.1 Å². The van der Waals surface area contributed by atoms with Crippen LogP contribution in [0.2, 0.25) is 5.02 Å². The molecule has 210 valence electrons. The molecule has 11 heteroatoms. The van der Waals surface area contributed by atoms with Crippen LogP contribution in [0.4, 0.5) is 0 Å². The van der Waals surface area contributed by atoms with E-state index in [2.05, 4.69) is 50.1 Å². The summed E-state index contributed by atoms with van der Waals surface area (Å²) in [4.78, 5) is 20.1. The number of rotatable bonds is 5. The van der Waals surface area contributed by atoms with Gasteiger partial charge in [0.05, 0.1) is 5.69 Å². The number of nitrogens with zero attached hydrogens (tertiary/aromatic N) is 4. The molecule has 3 heterocycles. The lowest BCUT2D eigenvalue weighted by atomic mass is 9.82. The van der Waals surface area contributed by atoms with Gasteiger partial charge in [-0.2, -0.15) is 17.0 Å². The Labute approximate surface area is 253 Å². The second kappa shape index (κ2) is 11.9. The fourth-order valence-corrected chi connectivity index (χ4v) is 8.63. The number of carbonyl (C=O) groups is 1. The summed E-state index contributed by atoms with van der Waals surface area (Å²) >= 11 is 13.8. The van der Waals surface area contributed by atoms with E-state index in [0.29, 0.717) is 45.4 Å². The van der Waals surface area contributed by atoms with Gasteiger partial charge in [-0.25, -0.2) is 0 Å². The summed E-state index contributed by atoms with van der Waals surface area (Å²) in [5.41, 5.74) is 6.04. The number of carbonyl (C=O) groups excluding carboxylic acids is 1. The summed E-state index contributed by atoms with van der Waals surface area (Å²) in [5, 5.41) is 0.721. The first-order valence-corrected chi connectivity index (χ1v) is 16.7. The molecule has 1 aromatic heterocycles. The van der Waals surface area contributed by atoms with Crippen LogP contribution in [0.25, 0.3) is 0 Å². The van der Waals surface area contributed by atoms with Crippen molar-refractivity contribution in [1.29, 1.82) is 0 Å². The number of hydrogen-bond donors (Lipinski definition) is 0. The number of pyridine rings is 1. The minimum Gasteiger partial charge on any atom is -0.339 e. The molecule has 1 aliphatic carbocycles. The highest BCUT2D eigenvalue weighted by molar-refractivity contribution is 9.10. The molecule has 1 aromatic carbocycles. The zero-order chi connectivity index (χ0) is 27.9. The van der Waals surface area contributed by atoms with Crippen LogP contribution in [0.3, 0.4) is 0 Å². The van der Waals surface area contributed by atoms with Crippen LogP contribution < -0.4 is 0 Å². The molecule has 1 amide bonds. The Morgan fingerprint density at radius 2 is 1.79 bits per heavy atom. The first kappa shape index (κ1) is 29.2. The molecule has 0 bridgehead atoms. The molecule has 1 fully saturated rings. The lowest BCUT2D eigenvalue weighted by Gasteiger charge is -2.34. The van der Waals surface area contributed by atoms with Crippen LogP contribution in [-0.2, 0) is 27.8 Å². The maximum atomic E-state index is 13.2.